The molecule has 0 bridgehead atoms. The van der Waals surface area contributed by atoms with E-state index in [-0.39, 0.29) is 5.92 Å². The highest BCUT2D eigenvalue weighted by Gasteiger charge is 2.34. The summed E-state index contributed by atoms with van der Waals surface area (Å²) >= 11 is 0. The number of carbonyl (C=O) groups is 1. The molecule has 0 heterocycles. The summed E-state index contributed by atoms with van der Waals surface area (Å²) in [6.07, 6.45) is 2.55. The van der Waals surface area contributed by atoms with Gasteiger partial charge in [0.25, 0.3) is 0 Å². The number of aliphatic hydroxyl groups is 2. The van der Waals surface area contributed by atoms with Crippen LogP contribution in [0.25, 0.3) is 0 Å². The lowest BCUT2D eigenvalue weighted by Gasteiger charge is -2.29. The maximum Gasteiger partial charge on any atom is 0.222 e. The second-order valence-electron chi connectivity index (χ2n) is 3.26. The molecule has 69 valence electrons. The largest absolute Gasteiger partial charge is 0.369 e. The van der Waals surface area contributed by atoms with E-state index in [1.807, 2.05) is 0 Å². The molecule has 0 saturated heterocycles. The van der Waals surface area contributed by atoms with Crippen molar-refractivity contribution < 1.29 is 15.0 Å². The Morgan fingerprint density at radius 1 is 1.17 bits per heavy atom. The molecule has 1 rings (SSSR count). The Balaban J connectivity index is 2.60. The second-order valence-corrected chi connectivity index (χ2v) is 3.26. The van der Waals surface area contributed by atoms with Gasteiger partial charge in [-0.3, -0.25) is 4.79 Å². The van der Waals surface area contributed by atoms with E-state index >= 15 is 0 Å². The van der Waals surface area contributed by atoms with Crippen LogP contribution < -0.4 is 5.73 Å². The van der Waals surface area contributed by atoms with Crippen molar-refractivity contribution >= 4 is 5.91 Å². The van der Waals surface area contributed by atoms with Crippen LogP contribution in [-0.2, 0) is 4.79 Å². The molecule has 1 aliphatic rings. The number of carbonyl (C=O) groups excluding carboxylic acids is 1. The Kier molecular flexibility index (Phi) is 3.05. The van der Waals surface area contributed by atoms with Gasteiger partial charge in [0.15, 0.2) is 0 Å². The molecule has 0 aromatic carbocycles. The minimum Gasteiger partial charge on any atom is -0.369 e. The van der Waals surface area contributed by atoms with Crippen molar-refractivity contribution in [1.29, 1.82) is 0 Å². The lowest BCUT2D eigenvalue weighted by molar-refractivity contribution is -0.127. The van der Waals surface area contributed by atoms with Crippen LogP contribution in [0.4, 0.5) is 0 Å². The van der Waals surface area contributed by atoms with Crippen molar-refractivity contribution in [2.45, 2.75) is 25.7 Å². The van der Waals surface area contributed by atoms with Crippen LogP contribution in [-0.4, -0.2) is 16.1 Å². The Hall–Kier alpha value is -0.610. The number of nitrogens with two attached hydrogens (primary N) is 1. The smallest absolute Gasteiger partial charge is 0.222 e. The summed E-state index contributed by atoms with van der Waals surface area (Å²) in [7, 11) is 0. The van der Waals surface area contributed by atoms with E-state index in [0.29, 0.717) is 12.8 Å². The third-order valence-corrected chi connectivity index (χ3v) is 2.46. The van der Waals surface area contributed by atoms with Gasteiger partial charge in [0.1, 0.15) is 0 Å². The Morgan fingerprint density at radius 3 is 2.00 bits per heavy atom. The molecule has 2 unspecified atom stereocenters. The first-order chi connectivity index (χ1) is 5.63. The first kappa shape index (κ1) is 9.48. The van der Waals surface area contributed by atoms with Crippen LogP contribution in [0.15, 0.2) is 0 Å². The maximum atomic E-state index is 10.9. The average Bonchev–Trinajstić information content (AvgIpc) is 2.04. The first-order valence-electron chi connectivity index (χ1n) is 4.17. The van der Waals surface area contributed by atoms with Gasteiger partial charge in [-0.2, -0.15) is 0 Å². The van der Waals surface area contributed by atoms with Crippen LogP contribution in [0.1, 0.15) is 25.7 Å². The number of hydrogen-bond acceptors (Lipinski definition) is 3. The molecule has 1 amide bonds. The summed E-state index contributed by atoms with van der Waals surface area (Å²) < 4.78 is 0. The van der Waals surface area contributed by atoms with E-state index in [0.717, 1.165) is 12.8 Å². The van der Waals surface area contributed by atoms with Crippen LogP contribution in [0, 0.1) is 18.1 Å². The minimum atomic E-state index is -0.640. The Labute approximate surface area is 71.4 Å². The number of hydrogen-bond donors (Lipinski definition) is 3. The van der Waals surface area contributed by atoms with Crippen LogP contribution >= 0.6 is 0 Å². The molecular formula is C8H14NO3. The minimum absolute atomic E-state index is 0.385. The van der Waals surface area contributed by atoms with E-state index in [2.05, 4.69) is 0 Å². The van der Waals surface area contributed by atoms with E-state index in [9.17, 15) is 4.79 Å². The Morgan fingerprint density at radius 2 is 1.67 bits per heavy atom. The van der Waals surface area contributed by atoms with Crippen molar-refractivity contribution in [1.82, 2.24) is 0 Å². The average molecular weight is 172 g/mol. The van der Waals surface area contributed by atoms with Crippen molar-refractivity contribution in [2.75, 3.05) is 0 Å². The lowest BCUT2D eigenvalue weighted by atomic mass is 9.78. The van der Waals surface area contributed by atoms with Gasteiger partial charge in [0.05, 0.1) is 0 Å². The van der Waals surface area contributed by atoms with E-state index in [4.69, 9.17) is 15.9 Å². The molecule has 12 heavy (non-hydrogen) atoms. The third kappa shape index (κ3) is 1.95. The molecule has 1 fully saturated rings. The molecule has 4 N–H and O–H groups in total. The second kappa shape index (κ2) is 3.87. The van der Waals surface area contributed by atoms with Crippen LogP contribution in [0.3, 0.4) is 0 Å². The summed E-state index contributed by atoms with van der Waals surface area (Å²) in [6.45, 7) is 0. The standard InChI is InChI=1S/C8H14NO3/c9-7(10)5-3-1-2-4-6(5)8(11)12/h5-6,11-12H,1-4H2,(H2,9,10). The predicted molar refractivity (Wildman–Crippen MR) is 41.8 cm³/mol. The molecular weight excluding hydrogens is 158 g/mol. The summed E-state index contributed by atoms with van der Waals surface area (Å²) in [6, 6.07) is 0. The van der Waals surface area contributed by atoms with Crippen LogP contribution in [0.2, 0.25) is 0 Å². The highest BCUT2D eigenvalue weighted by Crippen LogP contribution is 2.33. The SMILES string of the molecule is NC(=O)C1CCCCC1[C](O)O. The van der Waals surface area contributed by atoms with E-state index in [1.54, 1.807) is 0 Å². The highest BCUT2D eigenvalue weighted by molar-refractivity contribution is 5.77. The quantitative estimate of drug-likeness (QED) is 0.567. The van der Waals surface area contributed by atoms with Gasteiger partial charge in [-0.15, -0.1) is 0 Å². The van der Waals surface area contributed by atoms with Crippen molar-refractivity contribution in [3.05, 3.63) is 6.29 Å². The summed E-state index contributed by atoms with van der Waals surface area (Å²) in [4.78, 5) is 10.9. The lowest BCUT2D eigenvalue weighted by Crippen LogP contribution is -2.35. The van der Waals surface area contributed by atoms with Gasteiger partial charge < -0.3 is 15.9 Å². The fraction of sp³-hybridized carbons (Fsp3) is 0.750. The number of primary amides is 1. The van der Waals surface area contributed by atoms with E-state index in [1.165, 1.54) is 0 Å². The predicted octanol–water partition coefficient (Wildman–Crippen LogP) is 0.513. The zero-order valence-corrected chi connectivity index (χ0v) is 6.86. The molecule has 1 aliphatic carbocycles. The van der Waals surface area contributed by atoms with Crippen LogP contribution in [0.5, 0.6) is 0 Å². The molecule has 0 aromatic heterocycles. The van der Waals surface area contributed by atoms with Crippen molar-refractivity contribution in [3.8, 4) is 0 Å². The number of aliphatic hydroxyl groups excluding tert-OH is 1. The van der Waals surface area contributed by atoms with Gasteiger partial charge in [-0.25, -0.2) is 0 Å². The zero-order valence-electron chi connectivity index (χ0n) is 6.86. The van der Waals surface area contributed by atoms with E-state index < -0.39 is 18.1 Å². The fourth-order valence-corrected chi connectivity index (χ4v) is 1.78. The van der Waals surface area contributed by atoms with Crippen molar-refractivity contribution in [3.63, 3.8) is 0 Å². The number of rotatable bonds is 2. The monoisotopic (exact) mass is 172 g/mol. The molecule has 4 nitrogen and oxygen atoms in total. The summed E-state index contributed by atoms with van der Waals surface area (Å²) in [5.41, 5.74) is 5.12. The third-order valence-electron chi connectivity index (χ3n) is 2.46. The summed E-state index contributed by atoms with van der Waals surface area (Å²) in [5.74, 6) is -1.25. The maximum absolute atomic E-state index is 10.9. The molecule has 1 saturated carbocycles. The molecule has 0 spiro atoms. The molecule has 0 aliphatic heterocycles. The summed E-state index contributed by atoms with van der Waals surface area (Å²) in [5, 5.41) is 17.7. The molecule has 0 aromatic rings. The molecule has 1 radical (unpaired) electrons. The number of amides is 1. The molecule has 2 atom stereocenters. The van der Waals surface area contributed by atoms with Crippen molar-refractivity contribution in [2.24, 2.45) is 17.6 Å². The van der Waals surface area contributed by atoms with Gasteiger partial charge in [0.2, 0.25) is 12.2 Å². The van der Waals surface area contributed by atoms with Gasteiger partial charge in [0, 0.05) is 11.8 Å². The molecule has 4 heteroatoms. The van der Waals surface area contributed by atoms with Gasteiger partial charge in [-0.05, 0) is 12.8 Å². The first-order valence-corrected chi connectivity index (χ1v) is 4.17. The fourth-order valence-electron chi connectivity index (χ4n) is 1.78. The highest BCUT2D eigenvalue weighted by atomic mass is 16.5. The Bertz CT molecular complexity index is 170. The normalized spacial score (nSPS) is 30.6. The van der Waals surface area contributed by atoms with Gasteiger partial charge in [-0.1, -0.05) is 12.8 Å². The zero-order chi connectivity index (χ0) is 9.14. The topological polar surface area (TPSA) is 83.6 Å². The van der Waals surface area contributed by atoms with Gasteiger partial charge >= 0.3 is 0 Å².